The molecule has 3 aromatic rings. The highest BCUT2D eigenvalue weighted by molar-refractivity contribution is 6.23. The van der Waals surface area contributed by atoms with Crippen molar-refractivity contribution in [3.8, 4) is 11.5 Å². The summed E-state index contributed by atoms with van der Waals surface area (Å²) in [6.45, 7) is 0.138. The van der Waals surface area contributed by atoms with Crippen LogP contribution in [0.4, 0.5) is 5.69 Å². The van der Waals surface area contributed by atoms with Gasteiger partial charge in [0.25, 0.3) is 11.8 Å². The molecule has 0 bridgehead atoms. The van der Waals surface area contributed by atoms with Gasteiger partial charge in [0.15, 0.2) is 0 Å². The van der Waals surface area contributed by atoms with Crippen molar-refractivity contribution < 1.29 is 23.9 Å². The second-order valence-corrected chi connectivity index (χ2v) is 7.51. The lowest BCUT2D eigenvalue weighted by Gasteiger charge is -2.28. The van der Waals surface area contributed by atoms with Gasteiger partial charge >= 0.3 is 0 Å². The molecular weight excluding hydrogens is 422 g/mol. The van der Waals surface area contributed by atoms with Gasteiger partial charge in [-0.1, -0.05) is 6.07 Å². The van der Waals surface area contributed by atoms with E-state index in [2.05, 4.69) is 4.98 Å². The van der Waals surface area contributed by atoms with E-state index in [0.717, 1.165) is 10.5 Å². The molecule has 33 heavy (non-hydrogen) atoms. The number of methoxy groups -OCH3 is 2. The van der Waals surface area contributed by atoms with Crippen molar-refractivity contribution in [2.24, 2.45) is 0 Å². The Labute approximate surface area is 191 Å². The number of rotatable bonds is 7. The maximum absolute atomic E-state index is 13.5. The number of ether oxygens (including phenoxy) is 2. The van der Waals surface area contributed by atoms with E-state index in [1.807, 2.05) is 6.07 Å². The van der Waals surface area contributed by atoms with Crippen molar-refractivity contribution in [1.29, 1.82) is 0 Å². The fourth-order valence-corrected chi connectivity index (χ4v) is 3.77. The van der Waals surface area contributed by atoms with E-state index in [4.69, 9.17) is 9.47 Å². The van der Waals surface area contributed by atoms with Gasteiger partial charge in [-0.2, -0.15) is 0 Å². The van der Waals surface area contributed by atoms with Gasteiger partial charge in [-0.05, 0) is 60.2 Å². The minimum atomic E-state index is -0.936. The number of pyridine rings is 1. The molecular formula is C25H23N3O5. The van der Waals surface area contributed by atoms with Crippen molar-refractivity contribution >= 4 is 23.4 Å². The second-order valence-electron chi connectivity index (χ2n) is 7.51. The van der Waals surface area contributed by atoms with Crippen LogP contribution in [0.15, 0.2) is 73.1 Å². The largest absolute Gasteiger partial charge is 0.497 e. The summed E-state index contributed by atoms with van der Waals surface area (Å²) in [5, 5.41) is 0. The van der Waals surface area contributed by atoms with Crippen LogP contribution in [0.2, 0.25) is 0 Å². The summed E-state index contributed by atoms with van der Waals surface area (Å²) in [7, 11) is 3.08. The fraction of sp³-hybridized carbons (Fsp3) is 0.200. The van der Waals surface area contributed by atoms with Gasteiger partial charge in [-0.15, -0.1) is 0 Å². The number of hydrogen-bond acceptors (Lipinski definition) is 6. The van der Waals surface area contributed by atoms with Gasteiger partial charge in [0.1, 0.15) is 17.5 Å². The Balaban J connectivity index is 1.66. The summed E-state index contributed by atoms with van der Waals surface area (Å²) < 4.78 is 10.3. The Hall–Kier alpha value is -4.20. The first-order valence-corrected chi connectivity index (χ1v) is 10.4. The van der Waals surface area contributed by atoms with E-state index >= 15 is 0 Å². The SMILES string of the molecule is COc1ccc(C(=O)N(Cc2cccnc2)C2CC(=O)N(c3ccc(OC)cc3)C2=O)cc1. The van der Waals surface area contributed by atoms with Gasteiger partial charge in [0.2, 0.25) is 5.91 Å². The molecule has 0 spiro atoms. The number of amides is 3. The zero-order valence-corrected chi connectivity index (χ0v) is 18.3. The Morgan fingerprint density at radius 1 is 1.00 bits per heavy atom. The zero-order chi connectivity index (χ0) is 23.4. The highest BCUT2D eigenvalue weighted by Gasteiger charge is 2.44. The third-order valence-electron chi connectivity index (χ3n) is 5.50. The highest BCUT2D eigenvalue weighted by Crippen LogP contribution is 2.29. The summed E-state index contributed by atoms with van der Waals surface area (Å²) in [5.74, 6) is 0.0551. The lowest BCUT2D eigenvalue weighted by molar-refractivity contribution is -0.122. The molecule has 8 nitrogen and oxygen atoms in total. The Morgan fingerprint density at radius 2 is 1.64 bits per heavy atom. The molecule has 0 N–H and O–H groups in total. The molecule has 1 aromatic heterocycles. The predicted molar refractivity (Wildman–Crippen MR) is 121 cm³/mol. The summed E-state index contributed by atoms with van der Waals surface area (Å²) in [6.07, 6.45) is 3.17. The average molecular weight is 445 g/mol. The Bertz CT molecular complexity index is 1150. The molecule has 1 fully saturated rings. The van der Waals surface area contributed by atoms with E-state index in [9.17, 15) is 14.4 Å². The van der Waals surface area contributed by atoms with Crippen LogP contribution in [-0.2, 0) is 16.1 Å². The molecule has 3 amide bonds. The number of anilines is 1. The van der Waals surface area contributed by atoms with Gasteiger partial charge < -0.3 is 14.4 Å². The number of hydrogen-bond donors (Lipinski definition) is 0. The van der Waals surface area contributed by atoms with Crippen LogP contribution in [0.1, 0.15) is 22.3 Å². The minimum Gasteiger partial charge on any atom is -0.497 e. The molecule has 4 rings (SSSR count). The Morgan fingerprint density at radius 3 is 2.21 bits per heavy atom. The van der Waals surface area contributed by atoms with Crippen molar-refractivity contribution in [3.05, 3.63) is 84.2 Å². The van der Waals surface area contributed by atoms with E-state index in [-0.39, 0.29) is 24.8 Å². The third-order valence-corrected chi connectivity index (χ3v) is 5.50. The van der Waals surface area contributed by atoms with Crippen LogP contribution in [0.5, 0.6) is 11.5 Å². The third kappa shape index (κ3) is 4.55. The molecule has 2 aromatic carbocycles. The molecule has 1 atom stereocenters. The second kappa shape index (κ2) is 9.52. The standard InChI is InChI=1S/C25H23N3O5/c1-32-20-9-5-18(6-10-20)24(30)27(16-17-4-3-13-26-15-17)22-14-23(29)28(25(22)31)19-7-11-21(33-2)12-8-19/h3-13,15,22H,14,16H2,1-2H3. The van der Waals surface area contributed by atoms with Gasteiger partial charge in [-0.25, -0.2) is 4.90 Å². The first-order chi connectivity index (χ1) is 16.0. The number of benzene rings is 2. The normalized spacial score (nSPS) is 15.5. The molecule has 2 heterocycles. The number of nitrogens with zero attached hydrogens (tertiary/aromatic N) is 3. The molecule has 1 aliphatic heterocycles. The van der Waals surface area contributed by atoms with Crippen LogP contribution in [0.25, 0.3) is 0 Å². The number of carbonyl (C=O) groups is 3. The number of carbonyl (C=O) groups excluding carboxylic acids is 3. The summed E-state index contributed by atoms with van der Waals surface area (Å²) in [4.78, 5) is 46.4. The average Bonchev–Trinajstić information content (AvgIpc) is 3.16. The molecule has 168 valence electrons. The predicted octanol–water partition coefficient (Wildman–Crippen LogP) is 3.07. The quantitative estimate of drug-likeness (QED) is 0.520. The van der Waals surface area contributed by atoms with Crippen LogP contribution < -0.4 is 14.4 Å². The number of imide groups is 1. The summed E-state index contributed by atoms with van der Waals surface area (Å²) in [6, 6.07) is 15.9. The van der Waals surface area contributed by atoms with Crippen LogP contribution in [0, 0.1) is 0 Å². The topological polar surface area (TPSA) is 89.0 Å². The molecule has 8 heteroatoms. The summed E-state index contributed by atoms with van der Waals surface area (Å²) in [5.41, 5.74) is 1.58. The minimum absolute atomic E-state index is 0.104. The van der Waals surface area contributed by atoms with E-state index in [0.29, 0.717) is 22.7 Å². The zero-order valence-electron chi connectivity index (χ0n) is 18.3. The maximum atomic E-state index is 13.5. The van der Waals surface area contributed by atoms with Crippen LogP contribution in [-0.4, -0.2) is 47.9 Å². The van der Waals surface area contributed by atoms with Crippen LogP contribution >= 0.6 is 0 Å². The van der Waals surface area contributed by atoms with Crippen molar-refractivity contribution in [3.63, 3.8) is 0 Å². The monoisotopic (exact) mass is 445 g/mol. The fourth-order valence-electron chi connectivity index (χ4n) is 3.77. The smallest absolute Gasteiger partial charge is 0.257 e. The maximum Gasteiger partial charge on any atom is 0.257 e. The van der Waals surface area contributed by atoms with E-state index < -0.39 is 11.9 Å². The van der Waals surface area contributed by atoms with Crippen molar-refractivity contribution in [2.75, 3.05) is 19.1 Å². The van der Waals surface area contributed by atoms with Crippen molar-refractivity contribution in [1.82, 2.24) is 9.88 Å². The molecule has 0 aliphatic carbocycles. The van der Waals surface area contributed by atoms with E-state index in [1.54, 1.807) is 74.1 Å². The molecule has 0 saturated carbocycles. The molecule has 1 unspecified atom stereocenters. The Kier molecular flexibility index (Phi) is 6.35. The van der Waals surface area contributed by atoms with Crippen LogP contribution in [0.3, 0.4) is 0 Å². The van der Waals surface area contributed by atoms with Gasteiger partial charge in [-0.3, -0.25) is 19.4 Å². The van der Waals surface area contributed by atoms with Gasteiger partial charge in [0.05, 0.1) is 26.3 Å². The highest BCUT2D eigenvalue weighted by atomic mass is 16.5. The lowest BCUT2D eigenvalue weighted by Crippen LogP contribution is -2.45. The van der Waals surface area contributed by atoms with E-state index in [1.165, 1.54) is 12.0 Å². The van der Waals surface area contributed by atoms with Crippen molar-refractivity contribution in [2.45, 2.75) is 19.0 Å². The summed E-state index contributed by atoms with van der Waals surface area (Å²) >= 11 is 0. The van der Waals surface area contributed by atoms with Gasteiger partial charge in [0, 0.05) is 24.5 Å². The first kappa shape index (κ1) is 22.0. The lowest BCUT2D eigenvalue weighted by atomic mass is 10.1. The molecule has 1 saturated heterocycles. The first-order valence-electron chi connectivity index (χ1n) is 10.4. The molecule has 0 radical (unpaired) electrons. The number of aromatic nitrogens is 1. The molecule has 1 aliphatic rings.